The highest BCUT2D eigenvalue weighted by molar-refractivity contribution is 5.72. The Morgan fingerprint density at radius 3 is 3.00 bits per heavy atom. The number of carbonyl (C=O) groups excluding carboxylic acids is 1. The van der Waals surface area contributed by atoms with Crippen molar-refractivity contribution in [1.29, 1.82) is 0 Å². The van der Waals surface area contributed by atoms with Gasteiger partial charge in [-0.2, -0.15) is 0 Å². The molecule has 1 amide bonds. The van der Waals surface area contributed by atoms with E-state index in [9.17, 15) is 4.79 Å². The van der Waals surface area contributed by atoms with Crippen LogP contribution in [-0.2, 0) is 4.79 Å². The molecule has 1 saturated heterocycles. The molecule has 4 heteroatoms. The SMILES string of the molecule is CC(=O)NN1CCC[N]CC1. The lowest BCUT2D eigenvalue weighted by Gasteiger charge is -2.18. The summed E-state index contributed by atoms with van der Waals surface area (Å²) >= 11 is 0. The summed E-state index contributed by atoms with van der Waals surface area (Å²) in [6.07, 6.45) is 1.04. The van der Waals surface area contributed by atoms with Crippen molar-refractivity contribution in [2.75, 3.05) is 26.2 Å². The van der Waals surface area contributed by atoms with E-state index >= 15 is 0 Å². The average molecular weight is 156 g/mol. The van der Waals surface area contributed by atoms with Gasteiger partial charge in [0.25, 0.3) is 0 Å². The summed E-state index contributed by atoms with van der Waals surface area (Å²) in [6, 6.07) is 0. The Hall–Kier alpha value is -0.610. The van der Waals surface area contributed by atoms with Crippen LogP contribution in [0.4, 0.5) is 0 Å². The Kier molecular flexibility index (Phi) is 3.32. The second-order valence-electron chi connectivity index (χ2n) is 2.68. The number of nitrogens with one attached hydrogen (secondary N) is 1. The number of carbonyl (C=O) groups is 1. The first kappa shape index (κ1) is 8.49. The monoisotopic (exact) mass is 156 g/mol. The zero-order valence-corrected chi connectivity index (χ0v) is 6.84. The first-order valence-corrected chi connectivity index (χ1v) is 3.94. The number of rotatable bonds is 1. The lowest BCUT2D eigenvalue weighted by atomic mass is 10.4. The Morgan fingerprint density at radius 2 is 2.27 bits per heavy atom. The van der Waals surface area contributed by atoms with E-state index in [4.69, 9.17) is 0 Å². The Labute approximate surface area is 66.9 Å². The van der Waals surface area contributed by atoms with Crippen LogP contribution in [0.25, 0.3) is 0 Å². The molecule has 0 aromatic heterocycles. The maximum atomic E-state index is 10.6. The van der Waals surface area contributed by atoms with Crippen LogP contribution in [0, 0.1) is 0 Å². The van der Waals surface area contributed by atoms with E-state index in [2.05, 4.69) is 10.7 Å². The van der Waals surface area contributed by atoms with Crippen LogP contribution < -0.4 is 10.7 Å². The van der Waals surface area contributed by atoms with Gasteiger partial charge in [0, 0.05) is 33.1 Å². The highest BCUT2D eigenvalue weighted by Gasteiger charge is 2.08. The van der Waals surface area contributed by atoms with E-state index in [0.717, 1.165) is 32.6 Å². The molecule has 0 unspecified atom stereocenters. The largest absolute Gasteiger partial charge is 0.289 e. The maximum Gasteiger partial charge on any atom is 0.231 e. The Balaban J connectivity index is 2.25. The number of nitrogens with zero attached hydrogens (tertiary/aromatic N) is 2. The first-order valence-electron chi connectivity index (χ1n) is 3.94. The summed E-state index contributed by atoms with van der Waals surface area (Å²) in [7, 11) is 0. The van der Waals surface area contributed by atoms with Gasteiger partial charge in [-0.15, -0.1) is 0 Å². The zero-order valence-electron chi connectivity index (χ0n) is 6.84. The smallest absolute Gasteiger partial charge is 0.231 e. The summed E-state index contributed by atoms with van der Waals surface area (Å²) < 4.78 is 0. The van der Waals surface area contributed by atoms with E-state index in [0.29, 0.717) is 0 Å². The van der Waals surface area contributed by atoms with Crippen molar-refractivity contribution in [2.45, 2.75) is 13.3 Å². The molecule has 63 valence electrons. The number of amides is 1. The van der Waals surface area contributed by atoms with Gasteiger partial charge in [-0.05, 0) is 6.42 Å². The quantitative estimate of drug-likeness (QED) is 0.548. The van der Waals surface area contributed by atoms with Crippen molar-refractivity contribution >= 4 is 5.91 Å². The van der Waals surface area contributed by atoms with Crippen LogP contribution in [-0.4, -0.2) is 37.1 Å². The van der Waals surface area contributed by atoms with Gasteiger partial charge in [0.15, 0.2) is 0 Å². The first-order chi connectivity index (χ1) is 5.29. The molecule has 4 nitrogen and oxygen atoms in total. The molecule has 0 spiro atoms. The normalized spacial score (nSPS) is 20.8. The molecule has 0 aliphatic carbocycles. The Bertz CT molecular complexity index is 130. The van der Waals surface area contributed by atoms with E-state index < -0.39 is 0 Å². The maximum absolute atomic E-state index is 10.6. The molecule has 11 heavy (non-hydrogen) atoms. The van der Waals surface area contributed by atoms with Crippen molar-refractivity contribution in [2.24, 2.45) is 0 Å². The number of hydrazine groups is 1. The summed E-state index contributed by atoms with van der Waals surface area (Å²) in [4.78, 5) is 10.6. The minimum atomic E-state index is 0.00639. The molecule has 0 aromatic carbocycles. The molecule has 0 saturated carbocycles. The molecule has 1 fully saturated rings. The van der Waals surface area contributed by atoms with Crippen LogP contribution in [0.1, 0.15) is 13.3 Å². The fourth-order valence-electron chi connectivity index (χ4n) is 1.12. The molecule has 0 bridgehead atoms. The van der Waals surface area contributed by atoms with Crippen LogP contribution in [0.15, 0.2) is 0 Å². The van der Waals surface area contributed by atoms with Crippen LogP contribution in [0.5, 0.6) is 0 Å². The van der Waals surface area contributed by atoms with E-state index in [1.165, 1.54) is 6.92 Å². The standard InChI is InChI=1S/C7H14N3O/c1-7(11)9-10-5-2-3-8-4-6-10/h2-6H2,1H3,(H,9,11). The molecular formula is C7H14N3O. The summed E-state index contributed by atoms with van der Waals surface area (Å²) in [5.41, 5.74) is 2.76. The van der Waals surface area contributed by atoms with Gasteiger partial charge < -0.3 is 0 Å². The third kappa shape index (κ3) is 3.34. The van der Waals surface area contributed by atoms with Crippen LogP contribution in [0.2, 0.25) is 0 Å². The van der Waals surface area contributed by atoms with Crippen molar-refractivity contribution in [1.82, 2.24) is 15.8 Å². The molecule has 1 radical (unpaired) electrons. The van der Waals surface area contributed by atoms with Gasteiger partial charge in [0.05, 0.1) is 0 Å². The molecule has 1 aliphatic rings. The van der Waals surface area contributed by atoms with Gasteiger partial charge in [0.2, 0.25) is 5.91 Å². The molecule has 0 aromatic rings. The summed E-state index contributed by atoms with van der Waals surface area (Å²) in [6.45, 7) is 5.06. The number of hydrogen-bond acceptors (Lipinski definition) is 2. The van der Waals surface area contributed by atoms with Gasteiger partial charge in [-0.1, -0.05) is 0 Å². The van der Waals surface area contributed by atoms with E-state index in [1.54, 1.807) is 0 Å². The third-order valence-corrected chi connectivity index (χ3v) is 1.59. The van der Waals surface area contributed by atoms with Crippen LogP contribution >= 0.6 is 0 Å². The summed E-state index contributed by atoms with van der Waals surface area (Å²) in [5.74, 6) is 0.00639. The van der Waals surface area contributed by atoms with Crippen molar-refractivity contribution < 1.29 is 4.79 Å². The average Bonchev–Trinajstić information content (AvgIpc) is 2.14. The Morgan fingerprint density at radius 1 is 1.45 bits per heavy atom. The van der Waals surface area contributed by atoms with Crippen molar-refractivity contribution in [3.8, 4) is 0 Å². The van der Waals surface area contributed by atoms with Gasteiger partial charge in [-0.25, -0.2) is 10.3 Å². The molecule has 1 N–H and O–H groups in total. The summed E-state index contributed by atoms with van der Waals surface area (Å²) in [5, 5.41) is 6.16. The van der Waals surface area contributed by atoms with E-state index in [1.807, 2.05) is 5.01 Å². The molecule has 1 rings (SSSR count). The minimum absolute atomic E-state index is 0.00639. The fraction of sp³-hybridized carbons (Fsp3) is 0.857. The minimum Gasteiger partial charge on any atom is -0.289 e. The predicted octanol–water partition coefficient (Wildman–Crippen LogP) is -0.652. The van der Waals surface area contributed by atoms with Crippen molar-refractivity contribution in [3.63, 3.8) is 0 Å². The lowest BCUT2D eigenvalue weighted by molar-refractivity contribution is -0.123. The third-order valence-electron chi connectivity index (χ3n) is 1.59. The number of hydrogen-bond donors (Lipinski definition) is 1. The molecule has 1 aliphatic heterocycles. The van der Waals surface area contributed by atoms with Gasteiger partial charge in [-0.3, -0.25) is 10.2 Å². The van der Waals surface area contributed by atoms with Crippen LogP contribution in [0.3, 0.4) is 0 Å². The van der Waals surface area contributed by atoms with E-state index in [-0.39, 0.29) is 5.91 Å². The fourth-order valence-corrected chi connectivity index (χ4v) is 1.12. The van der Waals surface area contributed by atoms with Gasteiger partial charge in [0.1, 0.15) is 0 Å². The molecule has 0 atom stereocenters. The second-order valence-corrected chi connectivity index (χ2v) is 2.68. The highest BCUT2D eigenvalue weighted by atomic mass is 16.2. The molecular weight excluding hydrogens is 142 g/mol. The lowest BCUT2D eigenvalue weighted by Crippen LogP contribution is -2.42. The zero-order chi connectivity index (χ0) is 8.10. The predicted molar refractivity (Wildman–Crippen MR) is 41.9 cm³/mol. The highest BCUT2D eigenvalue weighted by Crippen LogP contribution is 1.91. The van der Waals surface area contributed by atoms with Gasteiger partial charge >= 0.3 is 0 Å². The molecule has 1 heterocycles. The topological polar surface area (TPSA) is 46.4 Å². The van der Waals surface area contributed by atoms with Crippen molar-refractivity contribution in [3.05, 3.63) is 0 Å². The second kappa shape index (κ2) is 4.31.